The lowest BCUT2D eigenvalue weighted by Gasteiger charge is -2.13. The Morgan fingerprint density at radius 2 is 1.80 bits per heavy atom. The lowest BCUT2D eigenvalue weighted by Crippen LogP contribution is -2.24. The summed E-state index contributed by atoms with van der Waals surface area (Å²) in [5.74, 6) is 0.573. The van der Waals surface area contributed by atoms with Crippen LogP contribution >= 0.6 is 0 Å². The molecule has 0 aliphatic rings. The molecule has 0 radical (unpaired) electrons. The Morgan fingerprint density at radius 3 is 2.40 bits per heavy atom. The van der Waals surface area contributed by atoms with Gasteiger partial charge in [0, 0.05) is 0 Å². The van der Waals surface area contributed by atoms with E-state index in [0.717, 1.165) is 0 Å². The van der Waals surface area contributed by atoms with Gasteiger partial charge in [0.1, 0.15) is 18.5 Å². The number of benzene rings is 1. The van der Waals surface area contributed by atoms with Gasteiger partial charge in [0.05, 0.1) is 0 Å². The van der Waals surface area contributed by atoms with Gasteiger partial charge in [0.25, 0.3) is 0 Å². The van der Waals surface area contributed by atoms with Gasteiger partial charge in [-0.1, -0.05) is 31.5 Å². The molecular weight excluding hydrogens is 198 g/mol. The second-order valence-electron chi connectivity index (χ2n) is 3.44. The number of hydrogen-bond donors (Lipinski definition) is 0. The normalized spacial score (nSPS) is 14.6. The van der Waals surface area contributed by atoms with Crippen molar-refractivity contribution in [2.24, 2.45) is 0 Å². The SMILES string of the molecule is CCC[C@@H](F)[C@H](F)COc1ccccc1. The fourth-order valence-electron chi connectivity index (χ4n) is 1.25. The minimum Gasteiger partial charge on any atom is -0.490 e. The standard InChI is InChI=1S/C12H16F2O/c1-2-6-11(13)12(14)9-15-10-7-4-3-5-8-10/h3-5,7-8,11-12H,2,6,9H2,1H3/t11-,12-/m1/s1. The highest BCUT2D eigenvalue weighted by Gasteiger charge is 2.19. The molecule has 15 heavy (non-hydrogen) atoms. The number of ether oxygens (including phenoxy) is 1. The molecule has 0 aliphatic carbocycles. The minimum absolute atomic E-state index is 0.217. The van der Waals surface area contributed by atoms with Gasteiger partial charge in [-0.2, -0.15) is 0 Å². The van der Waals surface area contributed by atoms with Gasteiger partial charge < -0.3 is 4.74 Å². The topological polar surface area (TPSA) is 9.23 Å². The van der Waals surface area contributed by atoms with Crippen LogP contribution in [0.3, 0.4) is 0 Å². The molecule has 0 fully saturated rings. The summed E-state index contributed by atoms with van der Waals surface area (Å²) in [6.07, 6.45) is -2.06. The number of hydrogen-bond acceptors (Lipinski definition) is 1. The average Bonchev–Trinajstić information content (AvgIpc) is 2.27. The minimum atomic E-state index is -1.54. The van der Waals surface area contributed by atoms with Crippen molar-refractivity contribution in [3.63, 3.8) is 0 Å². The van der Waals surface area contributed by atoms with Crippen molar-refractivity contribution in [3.8, 4) is 5.75 Å². The Bertz CT molecular complexity index is 264. The van der Waals surface area contributed by atoms with Gasteiger partial charge in [0.15, 0.2) is 6.17 Å². The first-order chi connectivity index (χ1) is 7.24. The molecule has 0 N–H and O–H groups in total. The summed E-state index contributed by atoms with van der Waals surface area (Å²) >= 11 is 0. The third kappa shape index (κ3) is 4.28. The Morgan fingerprint density at radius 1 is 1.13 bits per heavy atom. The number of rotatable bonds is 6. The predicted molar refractivity (Wildman–Crippen MR) is 56.6 cm³/mol. The molecule has 3 heteroatoms. The van der Waals surface area contributed by atoms with E-state index in [-0.39, 0.29) is 13.0 Å². The van der Waals surface area contributed by atoms with Crippen LogP contribution in [-0.2, 0) is 0 Å². The predicted octanol–water partition coefficient (Wildman–Crippen LogP) is 3.54. The van der Waals surface area contributed by atoms with Crippen molar-refractivity contribution in [3.05, 3.63) is 30.3 Å². The van der Waals surface area contributed by atoms with Gasteiger partial charge in [-0.05, 0) is 18.6 Å². The zero-order chi connectivity index (χ0) is 11.1. The van der Waals surface area contributed by atoms with Gasteiger partial charge in [-0.25, -0.2) is 8.78 Å². The Balaban J connectivity index is 2.31. The van der Waals surface area contributed by atoms with Crippen molar-refractivity contribution < 1.29 is 13.5 Å². The molecule has 1 nitrogen and oxygen atoms in total. The second kappa shape index (κ2) is 6.38. The van der Waals surface area contributed by atoms with E-state index < -0.39 is 12.3 Å². The Kier molecular flexibility index (Phi) is 5.08. The van der Waals surface area contributed by atoms with Crippen LogP contribution in [0.4, 0.5) is 8.78 Å². The van der Waals surface area contributed by atoms with Crippen LogP contribution < -0.4 is 4.74 Å². The first-order valence-electron chi connectivity index (χ1n) is 5.20. The van der Waals surface area contributed by atoms with E-state index in [2.05, 4.69) is 0 Å². The highest BCUT2D eigenvalue weighted by molar-refractivity contribution is 5.20. The third-order valence-corrected chi connectivity index (χ3v) is 2.11. The number of para-hydroxylation sites is 1. The molecule has 1 aromatic rings. The molecule has 0 saturated heterocycles. The fourth-order valence-corrected chi connectivity index (χ4v) is 1.25. The highest BCUT2D eigenvalue weighted by Crippen LogP contribution is 2.14. The number of halogens is 2. The van der Waals surface area contributed by atoms with Crippen LogP contribution in [0.15, 0.2) is 30.3 Å². The van der Waals surface area contributed by atoms with Gasteiger partial charge in [-0.15, -0.1) is 0 Å². The van der Waals surface area contributed by atoms with E-state index in [1.54, 1.807) is 24.3 Å². The molecule has 0 aromatic heterocycles. The molecule has 0 bridgehead atoms. The van der Waals surface area contributed by atoms with Crippen molar-refractivity contribution in [2.45, 2.75) is 32.1 Å². The van der Waals surface area contributed by atoms with Crippen molar-refractivity contribution in [1.82, 2.24) is 0 Å². The Hall–Kier alpha value is -1.12. The van der Waals surface area contributed by atoms with Crippen LogP contribution in [0.25, 0.3) is 0 Å². The molecule has 0 aliphatic heterocycles. The fraction of sp³-hybridized carbons (Fsp3) is 0.500. The first-order valence-corrected chi connectivity index (χ1v) is 5.20. The maximum Gasteiger partial charge on any atom is 0.165 e. The maximum absolute atomic E-state index is 13.2. The molecule has 0 spiro atoms. The third-order valence-electron chi connectivity index (χ3n) is 2.11. The highest BCUT2D eigenvalue weighted by atomic mass is 19.2. The largest absolute Gasteiger partial charge is 0.490 e. The Labute approximate surface area is 89.1 Å². The average molecular weight is 214 g/mol. The molecule has 0 heterocycles. The molecular formula is C12H16F2O. The summed E-state index contributed by atoms with van der Waals surface area (Å²) in [6.45, 7) is 1.61. The molecule has 2 atom stereocenters. The van der Waals surface area contributed by atoms with Gasteiger partial charge in [-0.3, -0.25) is 0 Å². The summed E-state index contributed by atoms with van der Waals surface area (Å²) < 4.78 is 31.3. The summed E-state index contributed by atoms with van der Waals surface area (Å²) in [5, 5.41) is 0. The monoisotopic (exact) mass is 214 g/mol. The molecule has 0 unspecified atom stereocenters. The van der Waals surface area contributed by atoms with E-state index in [1.807, 2.05) is 13.0 Å². The summed E-state index contributed by atoms with van der Waals surface area (Å²) in [6, 6.07) is 8.87. The smallest absolute Gasteiger partial charge is 0.165 e. The van der Waals surface area contributed by atoms with Crippen LogP contribution in [0.2, 0.25) is 0 Å². The van der Waals surface area contributed by atoms with Gasteiger partial charge in [0.2, 0.25) is 0 Å². The van der Waals surface area contributed by atoms with E-state index >= 15 is 0 Å². The van der Waals surface area contributed by atoms with E-state index in [1.165, 1.54) is 0 Å². The molecule has 1 aromatic carbocycles. The van der Waals surface area contributed by atoms with Gasteiger partial charge >= 0.3 is 0 Å². The second-order valence-corrected chi connectivity index (χ2v) is 3.44. The molecule has 84 valence electrons. The molecule has 1 rings (SSSR count). The van der Waals surface area contributed by atoms with E-state index in [9.17, 15) is 8.78 Å². The van der Waals surface area contributed by atoms with E-state index in [0.29, 0.717) is 12.2 Å². The molecule has 0 saturated carbocycles. The van der Waals surface area contributed by atoms with Crippen molar-refractivity contribution >= 4 is 0 Å². The molecule has 0 amide bonds. The quantitative estimate of drug-likeness (QED) is 0.703. The van der Waals surface area contributed by atoms with Crippen molar-refractivity contribution in [1.29, 1.82) is 0 Å². The number of alkyl halides is 2. The maximum atomic E-state index is 13.2. The van der Waals surface area contributed by atoms with Crippen LogP contribution in [0, 0.1) is 0 Å². The van der Waals surface area contributed by atoms with Crippen LogP contribution in [0.1, 0.15) is 19.8 Å². The zero-order valence-electron chi connectivity index (χ0n) is 8.83. The lowest BCUT2D eigenvalue weighted by molar-refractivity contribution is 0.103. The first kappa shape index (κ1) is 12.0. The zero-order valence-corrected chi connectivity index (χ0v) is 8.83. The van der Waals surface area contributed by atoms with Crippen LogP contribution in [0.5, 0.6) is 5.75 Å². The summed E-state index contributed by atoms with van der Waals surface area (Å²) in [4.78, 5) is 0. The summed E-state index contributed by atoms with van der Waals surface area (Å²) in [5.41, 5.74) is 0. The summed E-state index contributed by atoms with van der Waals surface area (Å²) in [7, 11) is 0. The van der Waals surface area contributed by atoms with E-state index in [4.69, 9.17) is 4.74 Å². The van der Waals surface area contributed by atoms with Crippen LogP contribution in [-0.4, -0.2) is 19.0 Å². The van der Waals surface area contributed by atoms with Crippen molar-refractivity contribution in [2.75, 3.05) is 6.61 Å². The lowest BCUT2D eigenvalue weighted by atomic mass is 10.1.